The first-order valence-corrected chi connectivity index (χ1v) is 11.5. The number of rotatable bonds is 7. The number of hydrogen-bond acceptors (Lipinski definition) is 7. The summed E-state index contributed by atoms with van der Waals surface area (Å²) in [5, 5.41) is 4.33. The highest BCUT2D eigenvalue weighted by atomic mass is 32.2. The van der Waals surface area contributed by atoms with Gasteiger partial charge < -0.3 is 9.47 Å². The predicted octanol–water partition coefficient (Wildman–Crippen LogP) is 4.26. The van der Waals surface area contributed by atoms with Gasteiger partial charge in [-0.2, -0.15) is 0 Å². The van der Waals surface area contributed by atoms with E-state index in [-0.39, 0.29) is 10.5 Å². The summed E-state index contributed by atoms with van der Waals surface area (Å²) < 4.78 is 35.4. The van der Waals surface area contributed by atoms with Crippen molar-refractivity contribution in [3.63, 3.8) is 0 Å². The summed E-state index contributed by atoms with van der Waals surface area (Å²) in [6.45, 7) is 3.21. The zero-order valence-electron chi connectivity index (χ0n) is 17.0. The fraction of sp³-hybridized carbons (Fsp3) is 0.238. The molecule has 7 nitrogen and oxygen atoms in total. The van der Waals surface area contributed by atoms with E-state index in [9.17, 15) is 13.2 Å². The van der Waals surface area contributed by atoms with E-state index in [1.807, 2.05) is 0 Å². The average Bonchev–Trinajstić information content (AvgIpc) is 3.21. The molecule has 0 saturated heterocycles. The number of aromatic nitrogens is 1. The monoisotopic (exact) mass is 446 g/mol. The number of sulfone groups is 1. The van der Waals surface area contributed by atoms with Crippen LogP contribution in [0.15, 0.2) is 52.7 Å². The van der Waals surface area contributed by atoms with Crippen molar-refractivity contribution in [1.29, 1.82) is 0 Å². The fourth-order valence-corrected chi connectivity index (χ4v) is 4.53. The van der Waals surface area contributed by atoms with Crippen LogP contribution < -0.4 is 14.8 Å². The van der Waals surface area contributed by atoms with Gasteiger partial charge in [-0.3, -0.25) is 10.1 Å². The number of nitrogens with one attached hydrogen (secondary N) is 1. The molecule has 1 N–H and O–H groups in total. The molecule has 9 heteroatoms. The van der Waals surface area contributed by atoms with Crippen LogP contribution in [0.4, 0.5) is 5.13 Å². The fourth-order valence-electron chi connectivity index (χ4n) is 2.72. The molecule has 30 heavy (non-hydrogen) atoms. The maximum atomic E-state index is 12.6. The van der Waals surface area contributed by atoms with Crippen LogP contribution in [0.5, 0.6) is 11.5 Å². The van der Waals surface area contributed by atoms with Crippen molar-refractivity contribution in [2.45, 2.75) is 24.0 Å². The lowest BCUT2D eigenvalue weighted by atomic mass is 10.1. The molecule has 1 amide bonds. The third-order valence-corrected chi connectivity index (χ3v) is 7.36. The average molecular weight is 447 g/mol. The van der Waals surface area contributed by atoms with Crippen molar-refractivity contribution in [3.05, 3.63) is 53.4 Å². The summed E-state index contributed by atoms with van der Waals surface area (Å²) >= 11 is 1.26. The first kappa shape index (κ1) is 21.8. The minimum absolute atomic E-state index is 0.117. The van der Waals surface area contributed by atoms with Crippen LogP contribution in [0.3, 0.4) is 0 Å². The second kappa shape index (κ2) is 8.85. The molecule has 0 bridgehead atoms. The minimum Gasteiger partial charge on any atom is -0.497 e. The predicted molar refractivity (Wildman–Crippen MR) is 117 cm³/mol. The molecule has 0 aliphatic rings. The zero-order chi connectivity index (χ0) is 21.9. The van der Waals surface area contributed by atoms with Crippen molar-refractivity contribution in [3.8, 4) is 22.8 Å². The Balaban J connectivity index is 1.85. The van der Waals surface area contributed by atoms with Crippen molar-refractivity contribution in [1.82, 2.24) is 4.98 Å². The van der Waals surface area contributed by atoms with E-state index in [0.29, 0.717) is 22.3 Å². The highest BCUT2D eigenvalue weighted by Crippen LogP contribution is 2.35. The summed E-state index contributed by atoms with van der Waals surface area (Å²) in [4.78, 5) is 17.2. The van der Waals surface area contributed by atoms with Gasteiger partial charge in [0.25, 0.3) is 5.91 Å². The maximum Gasteiger partial charge on any atom is 0.257 e. The van der Waals surface area contributed by atoms with Gasteiger partial charge in [0, 0.05) is 16.5 Å². The normalized spacial score (nSPS) is 11.4. The lowest BCUT2D eigenvalue weighted by Gasteiger charge is -2.09. The Morgan fingerprint density at radius 3 is 2.53 bits per heavy atom. The largest absolute Gasteiger partial charge is 0.497 e. The number of carbonyl (C=O) groups is 1. The summed E-state index contributed by atoms with van der Waals surface area (Å²) in [7, 11) is -0.327. The molecule has 2 aromatic carbocycles. The van der Waals surface area contributed by atoms with E-state index in [2.05, 4.69) is 10.3 Å². The van der Waals surface area contributed by atoms with Gasteiger partial charge in [0.2, 0.25) is 0 Å². The van der Waals surface area contributed by atoms with Gasteiger partial charge in [0.05, 0.1) is 30.1 Å². The molecular formula is C21H22N2O5S2. The molecule has 0 fully saturated rings. The Morgan fingerprint density at radius 2 is 1.87 bits per heavy atom. The summed E-state index contributed by atoms with van der Waals surface area (Å²) in [6, 6.07) is 11.4. The first-order chi connectivity index (χ1) is 14.3. The van der Waals surface area contributed by atoms with Crippen LogP contribution in [0.1, 0.15) is 24.2 Å². The molecule has 3 rings (SSSR count). The van der Waals surface area contributed by atoms with Crippen LogP contribution in [-0.2, 0) is 9.84 Å². The topological polar surface area (TPSA) is 94.6 Å². The third-order valence-electron chi connectivity index (χ3n) is 4.45. The Hall–Kier alpha value is -2.91. The molecule has 0 radical (unpaired) electrons. The highest BCUT2D eigenvalue weighted by molar-refractivity contribution is 7.92. The number of hydrogen-bond donors (Lipinski definition) is 1. The zero-order valence-corrected chi connectivity index (χ0v) is 18.6. The molecule has 3 aromatic rings. The smallest absolute Gasteiger partial charge is 0.257 e. The standard InChI is InChI=1S/C21H22N2O5S2/c1-13(2)30(25,26)16-7-5-6-14(10-16)20(24)23-21-22-18(12-29-21)17-11-15(27-3)8-9-19(17)28-4/h5-13H,1-4H3,(H,22,23,24). The summed E-state index contributed by atoms with van der Waals surface area (Å²) in [6.07, 6.45) is 0. The second-order valence-electron chi connectivity index (χ2n) is 6.68. The van der Waals surface area contributed by atoms with Crippen molar-refractivity contribution >= 4 is 32.2 Å². The lowest BCUT2D eigenvalue weighted by Crippen LogP contribution is -2.16. The SMILES string of the molecule is COc1ccc(OC)c(-c2csc(NC(=O)c3cccc(S(=O)(=O)C(C)C)c3)n2)c1. The molecule has 1 aromatic heterocycles. The molecule has 0 saturated carbocycles. The van der Waals surface area contributed by atoms with E-state index in [1.165, 1.54) is 23.5 Å². The quantitative estimate of drug-likeness (QED) is 0.583. The van der Waals surface area contributed by atoms with E-state index >= 15 is 0 Å². The van der Waals surface area contributed by atoms with Gasteiger partial charge in [-0.15, -0.1) is 11.3 Å². The van der Waals surface area contributed by atoms with Gasteiger partial charge in [0.1, 0.15) is 11.5 Å². The van der Waals surface area contributed by atoms with Crippen LogP contribution in [0.25, 0.3) is 11.3 Å². The molecule has 1 heterocycles. The Kier molecular flexibility index (Phi) is 6.42. The van der Waals surface area contributed by atoms with E-state index in [0.717, 1.165) is 5.56 Å². The van der Waals surface area contributed by atoms with Gasteiger partial charge in [0.15, 0.2) is 15.0 Å². The number of carbonyl (C=O) groups excluding carboxylic acids is 1. The molecule has 158 valence electrons. The van der Waals surface area contributed by atoms with Crippen LogP contribution >= 0.6 is 11.3 Å². The number of methoxy groups -OCH3 is 2. The molecule has 0 aliphatic heterocycles. The van der Waals surface area contributed by atoms with Gasteiger partial charge in [-0.25, -0.2) is 13.4 Å². The van der Waals surface area contributed by atoms with Crippen molar-refractivity contribution in [2.75, 3.05) is 19.5 Å². The van der Waals surface area contributed by atoms with Crippen molar-refractivity contribution < 1.29 is 22.7 Å². The van der Waals surface area contributed by atoms with Crippen LogP contribution in [0, 0.1) is 0 Å². The lowest BCUT2D eigenvalue weighted by molar-refractivity contribution is 0.102. The number of amides is 1. The van der Waals surface area contributed by atoms with Crippen molar-refractivity contribution in [2.24, 2.45) is 0 Å². The van der Waals surface area contributed by atoms with Crippen LogP contribution in [-0.4, -0.2) is 38.8 Å². The van der Waals surface area contributed by atoms with E-state index in [1.54, 1.807) is 63.8 Å². The minimum atomic E-state index is -3.47. The number of nitrogens with zero attached hydrogens (tertiary/aromatic N) is 1. The van der Waals surface area contributed by atoms with E-state index < -0.39 is 21.0 Å². The first-order valence-electron chi connectivity index (χ1n) is 9.09. The van der Waals surface area contributed by atoms with Crippen LogP contribution in [0.2, 0.25) is 0 Å². The number of thiazole rings is 1. The molecule has 0 aliphatic carbocycles. The van der Waals surface area contributed by atoms with Gasteiger partial charge in [-0.1, -0.05) is 6.07 Å². The summed E-state index contributed by atoms with van der Waals surface area (Å²) in [5.41, 5.74) is 1.60. The molecular weight excluding hydrogens is 424 g/mol. The summed E-state index contributed by atoms with van der Waals surface area (Å²) in [5.74, 6) is 0.854. The Bertz CT molecular complexity index is 1170. The molecule has 0 spiro atoms. The Labute approximate surface area is 179 Å². The Morgan fingerprint density at radius 1 is 1.10 bits per heavy atom. The third kappa shape index (κ3) is 4.47. The van der Waals surface area contributed by atoms with E-state index in [4.69, 9.17) is 9.47 Å². The van der Waals surface area contributed by atoms with Gasteiger partial charge >= 0.3 is 0 Å². The highest BCUT2D eigenvalue weighted by Gasteiger charge is 2.21. The van der Waals surface area contributed by atoms with Gasteiger partial charge in [-0.05, 0) is 50.2 Å². The second-order valence-corrected chi connectivity index (χ2v) is 10.0. The number of benzene rings is 2. The number of anilines is 1. The maximum absolute atomic E-state index is 12.6. The number of ether oxygens (including phenoxy) is 2. The molecule has 0 unspecified atom stereocenters. The molecule has 0 atom stereocenters.